The molecule has 0 radical (unpaired) electrons. The summed E-state index contributed by atoms with van der Waals surface area (Å²) in [5.74, 6) is -1.29. The van der Waals surface area contributed by atoms with E-state index in [2.05, 4.69) is 20.0 Å². The van der Waals surface area contributed by atoms with Gasteiger partial charge in [-0.15, -0.1) is 0 Å². The molecule has 1 aliphatic carbocycles. The van der Waals surface area contributed by atoms with Crippen LogP contribution in [-0.2, 0) is 11.3 Å². The van der Waals surface area contributed by atoms with Crippen molar-refractivity contribution in [2.75, 3.05) is 10.6 Å². The van der Waals surface area contributed by atoms with Gasteiger partial charge in [0.1, 0.15) is 10.9 Å². The number of benzene rings is 2. The number of carbonyl (C=O) groups excluding carboxylic acids is 3. The van der Waals surface area contributed by atoms with Crippen LogP contribution in [0.3, 0.4) is 0 Å². The Hall–Kier alpha value is -4.57. The molecule has 3 amide bonds. The summed E-state index contributed by atoms with van der Waals surface area (Å²) in [5, 5.41) is 5.97. The van der Waals surface area contributed by atoms with Crippen LogP contribution in [0.25, 0.3) is 0 Å². The Morgan fingerprint density at radius 3 is 2.37 bits per heavy atom. The van der Waals surface area contributed by atoms with Crippen molar-refractivity contribution >= 4 is 40.6 Å². The lowest BCUT2D eigenvalue weighted by molar-refractivity contribution is -0.123. The van der Waals surface area contributed by atoms with Crippen molar-refractivity contribution in [1.29, 1.82) is 0 Å². The number of nitrogen functional groups attached to an aromatic ring is 1. The summed E-state index contributed by atoms with van der Waals surface area (Å²) in [6.07, 6.45) is 7.10. The molecule has 4 N–H and O–H groups in total. The highest BCUT2D eigenvalue weighted by Gasteiger charge is 2.37. The van der Waals surface area contributed by atoms with E-state index in [1.807, 2.05) is 49.4 Å². The van der Waals surface area contributed by atoms with E-state index in [0.717, 1.165) is 48.3 Å². The second-order valence-corrected chi connectivity index (χ2v) is 10.9. The summed E-state index contributed by atoms with van der Waals surface area (Å²) in [5.41, 5.74) is 9.40. The van der Waals surface area contributed by atoms with Gasteiger partial charge in [-0.2, -0.15) is 4.37 Å². The van der Waals surface area contributed by atoms with Gasteiger partial charge in [-0.3, -0.25) is 24.3 Å². The predicted octanol–water partition coefficient (Wildman–Crippen LogP) is 4.81. The first kappa shape index (κ1) is 28.0. The standard InChI is InChI=1S/C31H32N6O3S/c1-20-11-13-24(14-12-20)37(27(22-15-17-33-18-16-22)30(39)35-23-9-5-6-10-23)31(40)28-25(32)26(36-41-28)29(38)34-19-21-7-3-2-4-8-21/h2-4,7-8,11-18,23,27H,5-6,9-10,19,32H2,1H3,(H,34,38)(H,35,39). The lowest BCUT2D eigenvalue weighted by atomic mass is 10.0. The van der Waals surface area contributed by atoms with E-state index in [0.29, 0.717) is 17.8 Å². The molecule has 9 nitrogen and oxygen atoms in total. The smallest absolute Gasteiger partial charge is 0.273 e. The number of nitrogens with one attached hydrogen (secondary N) is 2. The normalized spacial score (nSPS) is 13.9. The Kier molecular flexibility index (Phi) is 8.69. The second-order valence-electron chi connectivity index (χ2n) is 10.1. The molecule has 1 aliphatic rings. The molecule has 210 valence electrons. The van der Waals surface area contributed by atoms with Gasteiger partial charge in [-0.25, -0.2) is 0 Å². The number of aryl methyl sites for hydroxylation is 1. The van der Waals surface area contributed by atoms with Gasteiger partial charge in [0.05, 0.1) is 5.69 Å². The Bertz CT molecular complexity index is 1500. The summed E-state index contributed by atoms with van der Waals surface area (Å²) >= 11 is 0.847. The molecule has 41 heavy (non-hydrogen) atoms. The third kappa shape index (κ3) is 6.44. The largest absolute Gasteiger partial charge is 0.395 e. The van der Waals surface area contributed by atoms with Crippen LogP contribution in [0.5, 0.6) is 0 Å². The molecule has 1 unspecified atom stereocenters. The van der Waals surface area contributed by atoms with Gasteiger partial charge in [-0.05, 0) is 66.7 Å². The van der Waals surface area contributed by atoms with Crippen molar-refractivity contribution in [2.24, 2.45) is 0 Å². The molecule has 0 bridgehead atoms. The zero-order valence-electron chi connectivity index (χ0n) is 22.7. The molecule has 0 spiro atoms. The maximum absolute atomic E-state index is 14.3. The Balaban J connectivity index is 1.50. The summed E-state index contributed by atoms with van der Waals surface area (Å²) < 4.78 is 4.25. The minimum atomic E-state index is -0.995. The number of hydrogen-bond acceptors (Lipinski definition) is 7. The van der Waals surface area contributed by atoms with E-state index in [-0.39, 0.29) is 28.2 Å². The van der Waals surface area contributed by atoms with Crippen LogP contribution in [-0.4, -0.2) is 33.1 Å². The molecule has 1 fully saturated rings. The molecule has 4 aromatic rings. The van der Waals surface area contributed by atoms with E-state index in [4.69, 9.17) is 5.73 Å². The molecule has 1 saturated carbocycles. The number of amides is 3. The first-order valence-electron chi connectivity index (χ1n) is 13.6. The average molecular weight is 569 g/mol. The zero-order chi connectivity index (χ0) is 28.8. The van der Waals surface area contributed by atoms with E-state index in [1.165, 1.54) is 4.90 Å². The molecule has 5 rings (SSSR count). The first-order chi connectivity index (χ1) is 19.9. The van der Waals surface area contributed by atoms with Gasteiger partial charge in [0, 0.05) is 30.7 Å². The summed E-state index contributed by atoms with van der Waals surface area (Å²) in [6, 6.07) is 19.3. The van der Waals surface area contributed by atoms with Crippen molar-refractivity contribution in [3.05, 3.63) is 106 Å². The van der Waals surface area contributed by atoms with E-state index < -0.39 is 17.9 Å². The van der Waals surface area contributed by atoms with Crippen LogP contribution in [0.15, 0.2) is 79.1 Å². The molecular formula is C31H32N6O3S. The van der Waals surface area contributed by atoms with Gasteiger partial charge in [0.2, 0.25) is 5.91 Å². The highest BCUT2D eigenvalue weighted by molar-refractivity contribution is 7.09. The van der Waals surface area contributed by atoms with E-state index in [1.54, 1.807) is 36.7 Å². The maximum Gasteiger partial charge on any atom is 0.273 e. The van der Waals surface area contributed by atoms with Crippen LogP contribution in [0.2, 0.25) is 0 Å². The molecule has 0 saturated heterocycles. The number of rotatable bonds is 9. The van der Waals surface area contributed by atoms with Crippen molar-refractivity contribution < 1.29 is 14.4 Å². The van der Waals surface area contributed by atoms with Crippen LogP contribution in [0.4, 0.5) is 11.4 Å². The number of aromatic nitrogens is 2. The minimum Gasteiger partial charge on any atom is -0.395 e. The van der Waals surface area contributed by atoms with Crippen LogP contribution < -0.4 is 21.3 Å². The molecular weight excluding hydrogens is 536 g/mol. The maximum atomic E-state index is 14.3. The van der Waals surface area contributed by atoms with Crippen LogP contribution in [0, 0.1) is 6.92 Å². The van der Waals surface area contributed by atoms with Gasteiger partial charge in [-0.1, -0.05) is 60.9 Å². The van der Waals surface area contributed by atoms with Crippen molar-refractivity contribution in [3.8, 4) is 0 Å². The zero-order valence-corrected chi connectivity index (χ0v) is 23.6. The van der Waals surface area contributed by atoms with Crippen molar-refractivity contribution in [2.45, 2.75) is 51.2 Å². The summed E-state index contributed by atoms with van der Waals surface area (Å²) in [7, 11) is 0. The topological polar surface area (TPSA) is 130 Å². The number of anilines is 2. The Morgan fingerprint density at radius 2 is 1.68 bits per heavy atom. The van der Waals surface area contributed by atoms with Gasteiger partial charge in [0.25, 0.3) is 11.8 Å². The fraction of sp³-hybridized carbons (Fsp3) is 0.258. The lowest BCUT2D eigenvalue weighted by Crippen LogP contribution is -2.46. The lowest BCUT2D eigenvalue weighted by Gasteiger charge is -2.32. The fourth-order valence-electron chi connectivity index (χ4n) is 4.99. The third-order valence-corrected chi connectivity index (χ3v) is 8.05. The number of nitrogens with two attached hydrogens (primary N) is 1. The SMILES string of the molecule is Cc1ccc(N(C(=O)c2snc(C(=O)NCc3ccccc3)c2N)C(C(=O)NC2CCCC2)c2ccncc2)cc1. The number of nitrogens with zero attached hydrogens (tertiary/aromatic N) is 3. The van der Waals surface area contributed by atoms with Gasteiger partial charge < -0.3 is 16.4 Å². The average Bonchev–Trinajstić information content (AvgIpc) is 3.65. The first-order valence-corrected chi connectivity index (χ1v) is 14.4. The van der Waals surface area contributed by atoms with Crippen molar-refractivity contribution in [1.82, 2.24) is 20.0 Å². The molecule has 2 aromatic carbocycles. The Morgan fingerprint density at radius 1 is 1.00 bits per heavy atom. The van der Waals surface area contributed by atoms with Gasteiger partial charge in [0.15, 0.2) is 5.69 Å². The molecule has 2 heterocycles. The van der Waals surface area contributed by atoms with Crippen molar-refractivity contribution in [3.63, 3.8) is 0 Å². The van der Waals surface area contributed by atoms with E-state index >= 15 is 0 Å². The molecule has 1 atom stereocenters. The highest BCUT2D eigenvalue weighted by atomic mass is 32.1. The highest BCUT2D eigenvalue weighted by Crippen LogP contribution is 2.33. The summed E-state index contributed by atoms with van der Waals surface area (Å²) in [6.45, 7) is 2.24. The van der Waals surface area contributed by atoms with Gasteiger partial charge >= 0.3 is 0 Å². The predicted molar refractivity (Wildman–Crippen MR) is 160 cm³/mol. The molecule has 10 heteroatoms. The number of hydrogen-bond donors (Lipinski definition) is 3. The molecule has 0 aliphatic heterocycles. The monoisotopic (exact) mass is 568 g/mol. The van der Waals surface area contributed by atoms with E-state index in [9.17, 15) is 14.4 Å². The number of carbonyl (C=O) groups is 3. The fourth-order valence-corrected chi connectivity index (χ4v) is 5.72. The van der Waals surface area contributed by atoms with Crippen LogP contribution in [0.1, 0.15) is 68.6 Å². The third-order valence-electron chi connectivity index (χ3n) is 7.19. The number of pyridine rings is 1. The summed E-state index contributed by atoms with van der Waals surface area (Å²) in [4.78, 5) is 46.8. The molecule has 2 aromatic heterocycles. The Labute approximate surface area is 243 Å². The van der Waals surface area contributed by atoms with Crippen LogP contribution >= 0.6 is 11.5 Å². The second kappa shape index (κ2) is 12.7. The quantitative estimate of drug-likeness (QED) is 0.266. The minimum absolute atomic E-state index is 0.0194.